The fourth-order valence-corrected chi connectivity index (χ4v) is 3.32. The number of aliphatic carboxylic acids is 1. The maximum absolute atomic E-state index is 13.3. The van der Waals surface area contributed by atoms with Crippen LogP contribution in [-0.4, -0.2) is 28.1 Å². The summed E-state index contributed by atoms with van der Waals surface area (Å²) in [5.74, 6) is 3.96. The molecular weight excluding hydrogens is 394 g/mol. The van der Waals surface area contributed by atoms with Crippen molar-refractivity contribution < 1.29 is 14.7 Å². The Bertz CT molecular complexity index is 1130. The molecule has 0 unspecified atom stereocenters. The van der Waals surface area contributed by atoms with Crippen LogP contribution < -0.4 is 17.3 Å². The van der Waals surface area contributed by atoms with Crippen molar-refractivity contribution in [1.82, 2.24) is 4.98 Å². The molecule has 8 nitrogen and oxygen atoms in total. The van der Waals surface area contributed by atoms with Gasteiger partial charge in [0.2, 0.25) is 0 Å². The smallest absolute Gasteiger partial charge is 0.303 e. The highest BCUT2D eigenvalue weighted by molar-refractivity contribution is 6.14. The lowest BCUT2D eigenvalue weighted by atomic mass is 9.92. The van der Waals surface area contributed by atoms with Crippen molar-refractivity contribution in [2.45, 2.75) is 19.3 Å². The van der Waals surface area contributed by atoms with E-state index < -0.39 is 5.97 Å². The summed E-state index contributed by atoms with van der Waals surface area (Å²) in [6.45, 7) is 0. The number of carbonyl (C=O) groups is 2. The first-order valence-electron chi connectivity index (χ1n) is 9.61. The van der Waals surface area contributed by atoms with E-state index >= 15 is 0 Å². The van der Waals surface area contributed by atoms with E-state index in [4.69, 9.17) is 22.4 Å². The first kappa shape index (κ1) is 21.5. The van der Waals surface area contributed by atoms with Crippen LogP contribution in [0.3, 0.4) is 0 Å². The zero-order chi connectivity index (χ0) is 22.4. The number of pyridine rings is 1. The SMILES string of the molecule is NN=Cc1ccc(Cc2nc(N)c(CCC(=O)O)c(C(=O)c3ccccc3)c2N)cc1. The maximum atomic E-state index is 13.3. The summed E-state index contributed by atoms with van der Waals surface area (Å²) in [6, 6.07) is 16.1. The number of aromatic nitrogens is 1. The molecule has 0 amide bonds. The third-order valence-electron chi connectivity index (χ3n) is 4.87. The van der Waals surface area contributed by atoms with Crippen molar-refractivity contribution in [2.75, 3.05) is 11.5 Å². The van der Waals surface area contributed by atoms with E-state index in [0.29, 0.717) is 23.2 Å². The Balaban J connectivity index is 2.06. The third-order valence-corrected chi connectivity index (χ3v) is 4.87. The second-order valence-electron chi connectivity index (χ2n) is 7.00. The van der Waals surface area contributed by atoms with E-state index in [1.54, 1.807) is 30.3 Å². The standard InChI is InChI=1S/C23H23N5O3/c24-21-18(12-14-6-8-15(9-7-14)13-27-26)28-23(25)17(10-11-19(29)30)20(21)22(31)16-4-2-1-3-5-16/h1-9,13H,10-12,24,26H2,(H2,25,28)(H,29,30). The molecule has 0 aliphatic rings. The van der Waals surface area contributed by atoms with Gasteiger partial charge in [0.1, 0.15) is 5.82 Å². The van der Waals surface area contributed by atoms with Gasteiger partial charge in [0.05, 0.1) is 23.2 Å². The molecule has 0 bridgehead atoms. The summed E-state index contributed by atoms with van der Waals surface area (Å²) in [5, 5.41) is 12.6. The second-order valence-corrected chi connectivity index (χ2v) is 7.00. The molecule has 7 N–H and O–H groups in total. The number of rotatable bonds is 8. The molecule has 3 aromatic rings. The highest BCUT2D eigenvalue weighted by Gasteiger charge is 2.23. The summed E-state index contributed by atoms with van der Waals surface area (Å²) in [6.07, 6.45) is 1.75. The van der Waals surface area contributed by atoms with Crippen molar-refractivity contribution in [2.24, 2.45) is 10.9 Å². The average Bonchev–Trinajstić information content (AvgIpc) is 2.76. The minimum absolute atomic E-state index is 0.0552. The third kappa shape index (κ3) is 5.05. The molecule has 1 aromatic heterocycles. The Morgan fingerprint density at radius 3 is 2.32 bits per heavy atom. The van der Waals surface area contributed by atoms with Crippen molar-refractivity contribution in [1.29, 1.82) is 0 Å². The van der Waals surface area contributed by atoms with E-state index in [-0.39, 0.29) is 35.7 Å². The van der Waals surface area contributed by atoms with Gasteiger partial charge in [-0.1, -0.05) is 54.6 Å². The quantitative estimate of drug-likeness (QED) is 0.189. The number of hydrogen-bond acceptors (Lipinski definition) is 7. The van der Waals surface area contributed by atoms with Gasteiger partial charge in [-0.15, -0.1) is 0 Å². The Hall–Kier alpha value is -4.20. The number of benzene rings is 2. The molecule has 0 radical (unpaired) electrons. The van der Waals surface area contributed by atoms with Gasteiger partial charge in [0.25, 0.3) is 0 Å². The van der Waals surface area contributed by atoms with Crippen LogP contribution in [0.15, 0.2) is 59.7 Å². The lowest BCUT2D eigenvalue weighted by Gasteiger charge is -2.17. The topological polar surface area (TPSA) is 158 Å². The van der Waals surface area contributed by atoms with Gasteiger partial charge < -0.3 is 22.4 Å². The lowest BCUT2D eigenvalue weighted by molar-refractivity contribution is -0.136. The van der Waals surface area contributed by atoms with Crippen LogP contribution in [0.2, 0.25) is 0 Å². The number of carboxylic acid groups (broad SMARTS) is 1. The summed E-state index contributed by atoms with van der Waals surface area (Å²) in [4.78, 5) is 28.8. The van der Waals surface area contributed by atoms with Gasteiger partial charge in [-0.3, -0.25) is 9.59 Å². The monoisotopic (exact) mass is 417 g/mol. The number of carboxylic acids is 1. The van der Waals surface area contributed by atoms with Crippen LogP contribution in [0.25, 0.3) is 0 Å². The molecule has 0 aliphatic heterocycles. The van der Waals surface area contributed by atoms with Crippen LogP contribution >= 0.6 is 0 Å². The van der Waals surface area contributed by atoms with E-state index in [2.05, 4.69) is 10.1 Å². The van der Waals surface area contributed by atoms with Crippen molar-refractivity contribution in [3.05, 3.63) is 88.1 Å². The van der Waals surface area contributed by atoms with Gasteiger partial charge in [-0.05, 0) is 17.5 Å². The minimum Gasteiger partial charge on any atom is -0.481 e. The highest BCUT2D eigenvalue weighted by atomic mass is 16.4. The number of nitrogen functional groups attached to an aromatic ring is 2. The van der Waals surface area contributed by atoms with E-state index in [0.717, 1.165) is 11.1 Å². The number of hydrazone groups is 1. The number of nitrogens with zero attached hydrogens (tertiary/aromatic N) is 2. The zero-order valence-corrected chi connectivity index (χ0v) is 16.8. The maximum Gasteiger partial charge on any atom is 0.303 e. The fourth-order valence-electron chi connectivity index (χ4n) is 3.32. The molecule has 0 saturated carbocycles. The molecule has 31 heavy (non-hydrogen) atoms. The fraction of sp³-hybridized carbons (Fsp3) is 0.130. The normalized spacial score (nSPS) is 11.0. The first-order valence-corrected chi connectivity index (χ1v) is 9.61. The van der Waals surface area contributed by atoms with Crippen LogP contribution in [0, 0.1) is 0 Å². The summed E-state index contributed by atoms with van der Waals surface area (Å²) < 4.78 is 0. The number of hydrogen-bond donors (Lipinski definition) is 4. The Labute approximate surface area is 179 Å². The molecule has 0 fully saturated rings. The Kier molecular flexibility index (Phi) is 6.61. The molecular formula is C23H23N5O3. The van der Waals surface area contributed by atoms with E-state index in [9.17, 15) is 9.59 Å². The minimum atomic E-state index is -0.999. The molecule has 0 aliphatic carbocycles. The molecule has 158 valence electrons. The lowest BCUT2D eigenvalue weighted by Crippen LogP contribution is -2.17. The molecule has 8 heteroatoms. The van der Waals surface area contributed by atoms with Gasteiger partial charge >= 0.3 is 5.97 Å². The van der Waals surface area contributed by atoms with Crippen LogP contribution in [-0.2, 0) is 17.6 Å². The van der Waals surface area contributed by atoms with E-state index in [1.807, 2.05) is 24.3 Å². The van der Waals surface area contributed by atoms with Crippen molar-refractivity contribution in [3.63, 3.8) is 0 Å². The largest absolute Gasteiger partial charge is 0.481 e. The molecule has 0 atom stereocenters. The highest BCUT2D eigenvalue weighted by Crippen LogP contribution is 2.30. The number of anilines is 2. The van der Waals surface area contributed by atoms with Gasteiger partial charge in [0.15, 0.2) is 5.78 Å². The second kappa shape index (κ2) is 9.53. The molecule has 0 spiro atoms. The van der Waals surface area contributed by atoms with Crippen LogP contribution in [0.5, 0.6) is 0 Å². The number of carbonyl (C=O) groups excluding carboxylic acids is 1. The molecule has 3 rings (SSSR count). The summed E-state index contributed by atoms with van der Waals surface area (Å²) in [5.41, 5.74) is 16.0. The molecule has 1 heterocycles. The predicted octanol–water partition coefficient (Wildman–Crippen LogP) is 2.38. The van der Waals surface area contributed by atoms with Gasteiger partial charge in [0, 0.05) is 24.0 Å². The van der Waals surface area contributed by atoms with Crippen molar-refractivity contribution in [3.8, 4) is 0 Å². The van der Waals surface area contributed by atoms with Gasteiger partial charge in [-0.2, -0.15) is 5.10 Å². The summed E-state index contributed by atoms with van der Waals surface area (Å²) in [7, 11) is 0. The average molecular weight is 417 g/mol. The number of ketones is 1. The first-order chi connectivity index (χ1) is 14.9. The van der Waals surface area contributed by atoms with E-state index in [1.165, 1.54) is 6.21 Å². The molecule has 2 aromatic carbocycles. The van der Waals surface area contributed by atoms with Crippen LogP contribution in [0.4, 0.5) is 11.5 Å². The summed E-state index contributed by atoms with van der Waals surface area (Å²) >= 11 is 0. The number of nitrogens with two attached hydrogens (primary N) is 3. The van der Waals surface area contributed by atoms with Gasteiger partial charge in [-0.25, -0.2) is 4.98 Å². The van der Waals surface area contributed by atoms with Crippen molar-refractivity contribution >= 4 is 29.5 Å². The Morgan fingerprint density at radius 2 is 1.71 bits per heavy atom. The molecule has 0 saturated heterocycles. The predicted molar refractivity (Wildman–Crippen MR) is 120 cm³/mol. The Morgan fingerprint density at radius 1 is 1.03 bits per heavy atom. The zero-order valence-electron chi connectivity index (χ0n) is 16.8. The van der Waals surface area contributed by atoms with Crippen LogP contribution in [0.1, 0.15) is 44.7 Å².